The minimum absolute atomic E-state index is 0.0208. The molecule has 0 aromatic heterocycles. The average Bonchev–Trinajstić information content (AvgIpc) is 2.17. The maximum absolute atomic E-state index is 11.6. The van der Waals surface area contributed by atoms with Crippen LogP contribution in [0.15, 0.2) is 18.2 Å². The van der Waals surface area contributed by atoms with E-state index >= 15 is 0 Å². The Morgan fingerprint density at radius 2 is 2.33 bits per heavy atom. The lowest BCUT2D eigenvalue weighted by Gasteiger charge is -2.24. The Hall–Kier alpha value is -1.51. The molecule has 3 nitrogen and oxygen atoms in total. The van der Waals surface area contributed by atoms with Crippen molar-refractivity contribution in [1.82, 2.24) is 0 Å². The van der Waals surface area contributed by atoms with Gasteiger partial charge in [0.05, 0.1) is 0 Å². The molecule has 0 bridgehead atoms. The maximum Gasteiger partial charge on any atom is 0.342 e. The van der Waals surface area contributed by atoms with Crippen molar-refractivity contribution >= 4 is 5.97 Å². The molecule has 1 atom stereocenters. The number of carbonyl (C=O) groups excluding carboxylic acids is 1. The lowest BCUT2D eigenvalue weighted by Crippen LogP contribution is -2.27. The molecule has 1 aromatic rings. The van der Waals surface area contributed by atoms with Crippen LogP contribution in [-0.4, -0.2) is 17.2 Å². The number of phenols is 1. The maximum atomic E-state index is 11.6. The highest BCUT2D eigenvalue weighted by Gasteiger charge is 2.27. The van der Waals surface area contributed by atoms with Crippen LogP contribution in [0.2, 0.25) is 0 Å². The molecular formula is C12H14O3. The van der Waals surface area contributed by atoms with Gasteiger partial charge in [-0.15, -0.1) is 0 Å². The summed E-state index contributed by atoms with van der Waals surface area (Å²) in [5.41, 5.74) is 1.23. The van der Waals surface area contributed by atoms with Gasteiger partial charge in [0.2, 0.25) is 0 Å². The van der Waals surface area contributed by atoms with Crippen molar-refractivity contribution in [2.24, 2.45) is 0 Å². The van der Waals surface area contributed by atoms with Crippen LogP contribution < -0.4 is 0 Å². The number of esters is 1. The van der Waals surface area contributed by atoms with E-state index in [0.29, 0.717) is 12.0 Å². The molecule has 0 saturated heterocycles. The molecule has 1 N–H and O–H groups in total. The highest BCUT2D eigenvalue weighted by molar-refractivity contribution is 5.95. The standard InChI is InChI=1S/C12H14O3/c1-2-4-9-7-8-5-3-6-10(13)11(8)12(14)15-9/h3,5-6,9,13H,2,4,7H2,1H3. The molecule has 0 radical (unpaired) electrons. The van der Waals surface area contributed by atoms with Gasteiger partial charge in [-0.05, 0) is 18.1 Å². The third-order valence-electron chi connectivity index (χ3n) is 2.66. The zero-order valence-corrected chi connectivity index (χ0v) is 8.69. The highest BCUT2D eigenvalue weighted by atomic mass is 16.5. The van der Waals surface area contributed by atoms with Gasteiger partial charge in [-0.1, -0.05) is 25.5 Å². The fourth-order valence-corrected chi connectivity index (χ4v) is 1.97. The number of ether oxygens (including phenoxy) is 1. The van der Waals surface area contributed by atoms with Gasteiger partial charge in [0.15, 0.2) is 0 Å². The summed E-state index contributed by atoms with van der Waals surface area (Å²) in [4.78, 5) is 11.6. The monoisotopic (exact) mass is 206 g/mol. The van der Waals surface area contributed by atoms with Crippen molar-refractivity contribution in [3.05, 3.63) is 29.3 Å². The molecule has 1 heterocycles. The lowest BCUT2D eigenvalue weighted by molar-refractivity contribution is 0.0232. The smallest absolute Gasteiger partial charge is 0.342 e. The van der Waals surface area contributed by atoms with Crippen LogP contribution in [0, 0.1) is 0 Å². The zero-order chi connectivity index (χ0) is 10.8. The third kappa shape index (κ3) is 1.82. The van der Waals surface area contributed by atoms with E-state index in [0.717, 1.165) is 18.4 Å². The van der Waals surface area contributed by atoms with E-state index in [1.165, 1.54) is 6.07 Å². The molecule has 80 valence electrons. The summed E-state index contributed by atoms with van der Waals surface area (Å²) in [5, 5.41) is 9.54. The predicted molar refractivity (Wildman–Crippen MR) is 55.9 cm³/mol. The number of rotatable bonds is 2. The van der Waals surface area contributed by atoms with Crippen LogP contribution >= 0.6 is 0 Å². The summed E-state index contributed by atoms with van der Waals surface area (Å²) in [6, 6.07) is 5.15. The van der Waals surface area contributed by atoms with Gasteiger partial charge in [0, 0.05) is 6.42 Å². The molecule has 1 aliphatic heterocycles. The fourth-order valence-electron chi connectivity index (χ4n) is 1.97. The molecule has 0 amide bonds. The second-order valence-corrected chi connectivity index (χ2v) is 3.83. The van der Waals surface area contributed by atoms with Crippen LogP contribution in [0.25, 0.3) is 0 Å². The third-order valence-corrected chi connectivity index (χ3v) is 2.66. The number of fused-ring (bicyclic) bond motifs is 1. The molecule has 1 aliphatic rings. The van der Waals surface area contributed by atoms with Crippen LogP contribution in [0.3, 0.4) is 0 Å². The van der Waals surface area contributed by atoms with Gasteiger partial charge in [0.25, 0.3) is 0 Å². The normalized spacial score (nSPS) is 19.5. The quantitative estimate of drug-likeness (QED) is 0.755. The number of carbonyl (C=O) groups is 1. The Balaban J connectivity index is 2.32. The van der Waals surface area contributed by atoms with Crippen LogP contribution in [0.1, 0.15) is 35.7 Å². The Morgan fingerprint density at radius 1 is 1.53 bits per heavy atom. The summed E-state index contributed by atoms with van der Waals surface area (Å²) in [7, 11) is 0. The van der Waals surface area contributed by atoms with E-state index in [1.807, 2.05) is 6.07 Å². The molecule has 15 heavy (non-hydrogen) atoms. The van der Waals surface area contributed by atoms with E-state index in [9.17, 15) is 9.90 Å². The molecule has 1 aromatic carbocycles. The minimum Gasteiger partial charge on any atom is -0.507 e. The zero-order valence-electron chi connectivity index (χ0n) is 8.69. The number of phenolic OH excluding ortho intramolecular Hbond substituents is 1. The molecule has 0 saturated carbocycles. The average molecular weight is 206 g/mol. The van der Waals surface area contributed by atoms with Crippen molar-refractivity contribution in [3.63, 3.8) is 0 Å². The number of aromatic hydroxyl groups is 1. The van der Waals surface area contributed by atoms with Crippen LogP contribution in [0.5, 0.6) is 5.75 Å². The first-order chi connectivity index (χ1) is 7.22. The first-order valence-corrected chi connectivity index (χ1v) is 5.24. The Labute approximate surface area is 88.7 Å². The minimum atomic E-state index is -0.396. The van der Waals surface area contributed by atoms with Gasteiger partial charge in [0.1, 0.15) is 17.4 Å². The van der Waals surface area contributed by atoms with Gasteiger partial charge < -0.3 is 9.84 Å². The first-order valence-electron chi connectivity index (χ1n) is 5.24. The Kier molecular flexibility index (Phi) is 2.62. The molecule has 2 rings (SSSR count). The summed E-state index contributed by atoms with van der Waals surface area (Å²) in [6.07, 6.45) is 2.55. The van der Waals surface area contributed by atoms with E-state index in [2.05, 4.69) is 6.92 Å². The summed E-state index contributed by atoms with van der Waals surface area (Å²) in [5.74, 6) is -0.375. The second kappa shape index (κ2) is 3.93. The van der Waals surface area contributed by atoms with Crippen LogP contribution in [-0.2, 0) is 11.2 Å². The van der Waals surface area contributed by atoms with Crippen LogP contribution in [0.4, 0.5) is 0 Å². The van der Waals surface area contributed by atoms with Crippen molar-refractivity contribution in [2.75, 3.05) is 0 Å². The predicted octanol–water partition coefficient (Wildman–Crippen LogP) is 2.27. The van der Waals surface area contributed by atoms with Gasteiger partial charge in [-0.2, -0.15) is 0 Å². The van der Waals surface area contributed by atoms with E-state index < -0.39 is 5.97 Å². The van der Waals surface area contributed by atoms with E-state index in [1.54, 1.807) is 6.07 Å². The summed E-state index contributed by atoms with van der Waals surface area (Å²) < 4.78 is 5.24. The second-order valence-electron chi connectivity index (χ2n) is 3.83. The Morgan fingerprint density at radius 3 is 3.07 bits per heavy atom. The molecular weight excluding hydrogens is 192 g/mol. The summed E-state index contributed by atoms with van der Waals surface area (Å²) in [6.45, 7) is 2.06. The van der Waals surface area contributed by atoms with Crippen molar-refractivity contribution in [3.8, 4) is 5.75 Å². The van der Waals surface area contributed by atoms with Crippen molar-refractivity contribution < 1.29 is 14.6 Å². The SMILES string of the molecule is CCCC1Cc2cccc(O)c2C(=O)O1. The molecule has 0 fully saturated rings. The topological polar surface area (TPSA) is 46.5 Å². The molecule has 1 unspecified atom stereocenters. The van der Waals surface area contributed by atoms with Gasteiger partial charge in [-0.25, -0.2) is 4.79 Å². The van der Waals surface area contributed by atoms with Gasteiger partial charge >= 0.3 is 5.97 Å². The number of benzene rings is 1. The summed E-state index contributed by atoms with van der Waals surface area (Å²) >= 11 is 0. The Bertz CT molecular complexity index is 384. The highest BCUT2D eigenvalue weighted by Crippen LogP contribution is 2.29. The number of cyclic esters (lactones) is 1. The van der Waals surface area contributed by atoms with Crippen molar-refractivity contribution in [2.45, 2.75) is 32.3 Å². The molecule has 0 spiro atoms. The van der Waals surface area contributed by atoms with Gasteiger partial charge in [-0.3, -0.25) is 0 Å². The lowest BCUT2D eigenvalue weighted by atomic mass is 9.96. The van der Waals surface area contributed by atoms with Crippen molar-refractivity contribution in [1.29, 1.82) is 0 Å². The van der Waals surface area contributed by atoms with E-state index in [-0.39, 0.29) is 11.9 Å². The van der Waals surface area contributed by atoms with E-state index in [4.69, 9.17) is 4.74 Å². The molecule has 3 heteroatoms. The first kappa shape index (κ1) is 10.0. The fraction of sp³-hybridized carbons (Fsp3) is 0.417. The number of hydrogen-bond donors (Lipinski definition) is 1. The molecule has 0 aliphatic carbocycles. The number of hydrogen-bond acceptors (Lipinski definition) is 3. The largest absolute Gasteiger partial charge is 0.507 e.